The molecule has 0 bridgehead atoms. The number of carbonyl (C=O) groups excluding carboxylic acids is 2. The highest BCUT2D eigenvalue weighted by atomic mass is 16.5. The molecule has 3 unspecified atom stereocenters. The van der Waals surface area contributed by atoms with E-state index < -0.39 is 0 Å². The summed E-state index contributed by atoms with van der Waals surface area (Å²) in [6, 6.07) is 10.2. The molecule has 0 aliphatic carbocycles. The maximum atomic E-state index is 13.4. The van der Waals surface area contributed by atoms with Crippen LogP contribution in [-0.2, 0) is 20.7 Å². The lowest BCUT2D eigenvalue weighted by Gasteiger charge is -2.44. The Balaban J connectivity index is 1.48. The van der Waals surface area contributed by atoms with E-state index in [1.165, 1.54) is 5.56 Å². The predicted molar refractivity (Wildman–Crippen MR) is 123 cm³/mol. The first-order chi connectivity index (χ1) is 14.8. The van der Waals surface area contributed by atoms with Crippen LogP contribution < -0.4 is 0 Å². The van der Waals surface area contributed by atoms with E-state index in [2.05, 4.69) is 44.7 Å². The second kappa shape index (κ2) is 11.1. The minimum atomic E-state index is -0.123. The number of aryl methyl sites for hydroxylation is 1. The maximum absolute atomic E-state index is 13.4. The van der Waals surface area contributed by atoms with E-state index in [0.29, 0.717) is 32.6 Å². The highest BCUT2D eigenvalue weighted by Gasteiger charge is 2.37. The van der Waals surface area contributed by atoms with Crippen molar-refractivity contribution < 1.29 is 14.3 Å². The van der Waals surface area contributed by atoms with Crippen LogP contribution in [0.25, 0.3) is 0 Å². The van der Waals surface area contributed by atoms with Gasteiger partial charge in [0, 0.05) is 45.7 Å². The zero-order valence-electron chi connectivity index (χ0n) is 19.6. The number of hydrogen-bond donors (Lipinski definition) is 0. The Morgan fingerprint density at radius 3 is 2.13 bits per heavy atom. The van der Waals surface area contributed by atoms with E-state index >= 15 is 0 Å². The summed E-state index contributed by atoms with van der Waals surface area (Å²) in [5.41, 5.74) is 1.28. The molecule has 172 valence electrons. The number of piperazine rings is 1. The molecule has 0 saturated carbocycles. The topological polar surface area (TPSA) is 53.1 Å². The number of amides is 2. The molecule has 31 heavy (non-hydrogen) atoms. The average Bonchev–Trinajstić information content (AvgIpc) is 2.73. The fourth-order valence-corrected chi connectivity index (χ4v) is 4.92. The van der Waals surface area contributed by atoms with Crippen LogP contribution in [-0.4, -0.2) is 84.0 Å². The number of rotatable bonds is 7. The van der Waals surface area contributed by atoms with Crippen molar-refractivity contribution in [1.82, 2.24) is 14.7 Å². The molecule has 2 aliphatic rings. The van der Waals surface area contributed by atoms with Crippen LogP contribution in [0.15, 0.2) is 30.3 Å². The quantitative estimate of drug-likeness (QED) is 0.669. The molecule has 1 aromatic carbocycles. The Morgan fingerprint density at radius 2 is 1.55 bits per heavy atom. The zero-order valence-corrected chi connectivity index (χ0v) is 19.6. The standard InChI is InChI=1S/C25H39N3O3/c1-19(2)24(28-17-20(3)31-21(4)18-28)25(30)27-15-13-26(14-16-27)23(29)12-8-11-22-9-6-5-7-10-22/h5-7,9-10,19-21,24H,8,11-18H2,1-4H3. The molecule has 2 heterocycles. The molecule has 0 aromatic heterocycles. The Morgan fingerprint density at radius 1 is 0.968 bits per heavy atom. The van der Waals surface area contributed by atoms with Crippen molar-refractivity contribution >= 4 is 11.8 Å². The number of morpholine rings is 1. The lowest BCUT2D eigenvalue weighted by atomic mass is 9.98. The van der Waals surface area contributed by atoms with Gasteiger partial charge in [-0.25, -0.2) is 0 Å². The molecule has 3 atom stereocenters. The minimum absolute atomic E-state index is 0.123. The molecular formula is C25H39N3O3. The first kappa shape index (κ1) is 23.7. The van der Waals surface area contributed by atoms with Crippen LogP contribution in [0.3, 0.4) is 0 Å². The number of benzene rings is 1. The summed E-state index contributed by atoms with van der Waals surface area (Å²) in [6.45, 7) is 12.5. The van der Waals surface area contributed by atoms with Gasteiger partial charge in [-0.1, -0.05) is 44.2 Å². The van der Waals surface area contributed by atoms with E-state index in [9.17, 15) is 9.59 Å². The van der Waals surface area contributed by atoms with Crippen molar-refractivity contribution in [2.24, 2.45) is 5.92 Å². The third kappa shape index (κ3) is 6.53. The van der Waals surface area contributed by atoms with Gasteiger partial charge in [0.25, 0.3) is 0 Å². The van der Waals surface area contributed by atoms with Gasteiger partial charge in [0.2, 0.25) is 11.8 Å². The van der Waals surface area contributed by atoms with Gasteiger partial charge in [0.1, 0.15) is 0 Å². The van der Waals surface area contributed by atoms with Gasteiger partial charge < -0.3 is 14.5 Å². The molecule has 2 saturated heterocycles. The summed E-state index contributed by atoms with van der Waals surface area (Å²) in [4.78, 5) is 32.2. The number of ether oxygens (including phenoxy) is 1. The van der Waals surface area contributed by atoms with Gasteiger partial charge in [-0.2, -0.15) is 0 Å². The van der Waals surface area contributed by atoms with E-state index in [1.807, 2.05) is 28.0 Å². The van der Waals surface area contributed by atoms with Gasteiger partial charge >= 0.3 is 0 Å². The van der Waals surface area contributed by atoms with Crippen molar-refractivity contribution in [2.45, 2.75) is 65.2 Å². The smallest absolute Gasteiger partial charge is 0.240 e. The molecule has 6 nitrogen and oxygen atoms in total. The maximum Gasteiger partial charge on any atom is 0.240 e. The van der Waals surface area contributed by atoms with E-state index in [-0.39, 0.29) is 36.0 Å². The fourth-order valence-electron chi connectivity index (χ4n) is 4.92. The molecule has 2 aliphatic heterocycles. The molecule has 2 amide bonds. The fraction of sp³-hybridized carbons (Fsp3) is 0.680. The van der Waals surface area contributed by atoms with Crippen molar-refractivity contribution in [3.05, 3.63) is 35.9 Å². The van der Waals surface area contributed by atoms with Crippen molar-refractivity contribution in [3.63, 3.8) is 0 Å². The summed E-state index contributed by atoms with van der Waals surface area (Å²) in [6.07, 6.45) is 2.65. The number of hydrogen-bond acceptors (Lipinski definition) is 4. The Labute approximate surface area is 187 Å². The lowest BCUT2D eigenvalue weighted by Crippen LogP contribution is -2.60. The first-order valence-electron chi connectivity index (χ1n) is 11.8. The van der Waals surface area contributed by atoms with Gasteiger partial charge in [0.05, 0.1) is 18.2 Å². The second-order valence-corrected chi connectivity index (χ2v) is 9.45. The Bertz CT molecular complexity index is 706. The number of nitrogens with zero attached hydrogens (tertiary/aromatic N) is 3. The summed E-state index contributed by atoms with van der Waals surface area (Å²) in [7, 11) is 0. The van der Waals surface area contributed by atoms with E-state index in [0.717, 1.165) is 25.9 Å². The van der Waals surface area contributed by atoms with Crippen molar-refractivity contribution in [1.29, 1.82) is 0 Å². The molecule has 0 radical (unpaired) electrons. The van der Waals surface area contributed by atoms with Crippen LogP contribution in [0.5, 0.6) is 0 Å². The summed E-state index contributed by atoms with van der Waals surface area (Å²) < 4.78 is 5.86. The lowest BCUT2D eigenvalue weighted by molar-refractivity contribution is -0.149. The van der Waals surface area contributed by atoms with Crippen LogP contribution in [0.2, 0.25) is 0 Å². The molecule has 3 rings (SSSR count). The third-order valence-electron chi connectivity index (χ3n) is 6.37. The molecular weight excluding hydrogens is 390 g/mol. The Kier molecular flexibility index (Phi) is 8.50. The van der Waals surface area contributed by atoms with Gasteiger partial charge in [-0.3, -0.25) is 14.5 Å². The highest BCUT2D eigenvalue weighted by Crippen LogP contribution is 2.21. The third-order valence-corrected chi connectivity index (χ3v) is 6.37. The van der Waals surface area contributed by atoms with Gasteiger partial charge in [0.15, 0.2) is 0 Å². The van der Waals surface area contributed by atoms with Crippen LogP contribution >= 0.6 is 0 Å². The normalized spacial score (nSPS) is 23.8. The molecule has 2 fully saturated rings. The van der Waals surface area contributed by atoms with Crippen LogP contribution in [0.4, 0.5) is 0 Å². The van der Waals surface area contributed by atoms with Gasteiger partial charge in [-0.15, -0.1) is 0 Å². The predicted octanol–water partition coefficient (Wildman–Crippen LogP) is 2.81. The molecule has 0 spiro atoms. The molecule has 0 N–H and O–H groups in total. The largest absolute Gasteiger partial charge is 0.373 e. The summed E-state index contributed by atoms with van der Waals surface area (Å²) in [5, 5.41) is 0. The summed E-state index contributed by atoms with van der Waals surface area (Å²) in [5.74, 6) is 0.648. The molecule has 1 aromatic rings. The van der Waals surface area contributed by atoms with Crippen molar-refractivity contribution in [2.75, 3.05) is 39.3 Å². The van der Waals surface area contributed by atoms with E-state index in [1.54, 1.807) is 0 Å². The monoisotopic (exact) mass is 429 g/mol. The zero-order chi connectivity index (χ0) is 22.4. The minimum Gasteiger partial charge on any atom is -0.373 e. The second-order valence-electron chi connectivity index (χ2n) is 9.45. The molecule has 6 heteroatoms. The average molecular weight is 430 g/mol. The van der Waals surface area contributed by atoms with Crippen LogP contribution in [0, 0.1) is 5.92 Å². The van der Waals surface area contributed by atoms with Crippen LogP contribution in [0.1, 0.15) is 46.1 Å². The van der Waals surface area contributed by atoms with E-state index in [4.69, 9.17) is 4.74 Å². The number of carbonyl (C=O) groups is 2. The first-order valence-corrected chi connectivity index (χ1v) is 11.8. The van der Waals surface area contributed by atoms with Crippen molar-refractivity contribution in [3.8, 4) is 0 Å². The SMILES string of the molecule is CC1CN(C(C(=O)N2CCN(C(=O)CCCc3ccccc3)CC2)C(C)C)CC(C)O1. The van der Waals surface area contributed by atoms with Gasteiger partial charge in [-0.05, 0) is 38.2 Å². The highest BCUT2D eigenvalue weighted by molar-refractivity contribution is 5.83. The summed E-state index contributed by atoms with van der Waals surface area (Å²) >= 11 is 0. The Hall–Kier alpha value is -1.92.